The van der Waals surface area contributed by atoms with Crippen molar-refractivity contribution < 1.29 is 4.79 Å². The van der Waals surface area contributed by atoms with Gasteiger partial charge in [-0.05, 0) is 58.7 Å². The third kappa shape index (κ3) is 6.03. The molecule has 1 heterocycles. The van der Waals surface area contributed by atoms with Crippen molar-refractivity contribution in [2.75, 3.05) is 26.2 Å². The molecule has 1 rings (SSSR count). The van der Waals surface area contributed by atoms with E-state index in [-0.39, 0.29) is 11.9 Å². The van der Waals surface area contributed by atoms with E-state index < -0.39 is 0 Å². The maximum atomic E-state index is 11.5. The monoisotopic (exact) mass is 241 g/mol. The highest BCUT2D eigenvalue weighted by Gasteiger charge is 2.18. The van der Waals surface area contributed by atoms with Gasteiger partial charge >= 0.3 is 0 Å². The number of nitrogens with zero attached hydrogens (tertiary/aromatic N) is 1. The zero-order valence-corrected chi connectivity index (χ0v) is 11.2. The average Bonchev–Trinajstić information content (AvgIpc) is 2.28. The van der Waals surface area contributed by atoms with Gasteiger partial charge in [-0.25, -0.2) is 0 Å². The number of nitrogens with two attached hydrogens (primary N) is 1. The van der Waals surface area contributed by atoms with Crippen molar-refractivity contribution >= 4 is 5.91 Å². The Kier molecular flexibility index (Phi) is 6.52. The van der Waals surface area contributed by atoms with Crippen molar-refractivity contribution in [3.63, 3.8) is 0 Å². The van der Waals surface area contributed by atoms with Crippen molar-refractivity contribution in [1.82, 2.24) is 10.2 Å². The van der Waals surface area contributed by atoms with Crippen LogP contribution < -0.4 is 11.1 Å². The van der Waals surface area contributed by atoms with Gasteiger partial charge in [0.1, 0.15) is 0 Å². The van der Waals surface area contributed by atoms with Gasteiger partial charge in [-0.15, -0.1) is 0 Å². The molecule has 0 aromatic heterocycles. The van der Waals surface area contributed by atoms with Gasteiger partial charge in [-0.1, -0.05) is 0 Å². The summed E-state index contributed by atoms with van der Waals surface area (Å²) in [5.74, 6) is 0.977. The summed E-state index contributed by atoms with van der Waals surface area (Å²) in [5, 5.41) is 2.93. The molecule has 17 heavy (non-hydrogen) atoms. The van der Waals surface area contributed by atoms with Crippen LogP contribution in [0.15, 0.2) is 0 Å². The number of hydrogen-bond acceptors (Lipinski definition) is 3. The lowest BCUT2D eigenvalue weighted by atomic mass is 9.93. The fourth-order valence-electron chi connectivity index (χ4n) is 2.39. The lowest BCUT2D eigenvalue weighted by molar-refractivity contribution is -0.122. The minimum atomic E-state index is 0.170. The smallest absolute Gasteiger partial charge is 0.221 e. The van der Waals surface area contributed by atoms with E-state index in [0.717, 1.165) is 38.5 Å². The summed E-state index contributed by atoms with van der Waals surface area (Å²) in [5.41, 5.74) is 5.57. The molecule has 4 nitrogen and oxygen atoms in total. The summed E-state index contributed by atoms with van der Waals surface area (Å²) >= 11 is 0. The Morgan fingerprint density at radius 3 is 2.59 bits per heavy atom. The molecule has 0 bridgehead atoms. The maximum Gasteiger partial charge on any atom is 0.221 e. The Morgan fingerprint density at radius 2 is 2.06 bits per heavy atom. The number of hydrogen-bond donors (Lipinski definition) is 2. The van der Waals surface area contributed by atoms with Crippen molar-refractivity contribution in [3.8, 4) is 0 Å². The number of rotatable bonds is 6. The predicted octanol–water partition coefficient (Wildman–Crippen LogP) is 0.962. The Labute approximate surface area is 105 Å². The summed E-state index contributed by atoms with van der Waals surface area (Å²) in [6.45, 7) is 7.95. The van der Waals surface area contributed by atoms with Crippen LogP contribution in [0.25, 0.3) is 0 Å². The molecule has 100 valence electrons. The fraction of sp³-hybridized carbons (Fsp3) is 0.923. The van der Waals surface area contributed by atoms with Crippen LogP contribution in [0.1, 0.15) is 39.5 Å². The fourth-order valence-corrected chi connectivity index (χ4v) is 2.39. The standard InChI is InChI=1S/C13H27N3O/c1-11(2)15-13(17)6-10-16-8-4-12(3-7-14)5-9-16/h11-12H,3-10,14H2,1-2H3,(H,15,17). The molecule has 1 fully saturated rings. The second-order valence-electron chi connectivity index (χ2n) is 5.33. The average molecular weight is 241 g/mol. The topological polar surface area (TPSA) is 58.4 Å². The van der Waals surface area contributed by atoms with E-state index in [9.17, 15) is 4.79 Å². The van der Waals surface area contributed by atoms with Gasteiger partial charge < -0.3 is 16.0 Å². The molecular weight excluding hydrogens is 214 g/mol. The summed E-state index contributed by atoms with van der Waals surface area (Å²) in [7, 11) is 0. The summed E-state index contributed by atoms with van der Waals surface area (Å²) in [4.78, 5) is 13.9. The number of nitrogens with one attached hydrogen (secondary N) is 1. The van der Waals surface area contributed by atoms with Crippen LogP contribution in [0.5, 0.6) is 0 Å². The maximum absolute atomic E-state index is 11.5. The van der Waals surface area contributed by atoms with Crippen molar-refractivity contribution in [2.45, 2.75) is 45.6 Å². The van der Waals surface area contributed by atoms with E-state index in [2.05, 4.69) is 10.2 Å². The highest BCUT2D eigenvalue weighted by Crippen LogP contribution is 2.19. The van der Waals surface area contributed by atoms with Gasteiger partial charge in [-0.3, -0.25) is 4.79 Å². The number of carbonyl (C=O) groups is 1. The van der Waals surface area contributed by atoms with E-state index in [0.29, 0.717) is 6.42 Å². The Balaban J connectivity index is 2.11. The Bertz CT molecular complexity index is 223. The van der Waals surface area contributed by atoms with Crippen LogP contribution in [0.4, 0.5) is 0 Å². The zero-order chi connectivity index (χ0) is 12.7. The molecule has 0 radical (unpaired) electrons. The van der Waals surface area contributed by atoms with E-state index >= 15 is 0 Å². The van der Waals surface area contributed by atoms with Crippen LogP contribution in [-0.2, 0) is 4.79 Å². The van der Waals surface area contributed by atoms with Gasteiger partial charge in [0.2, 0.25) is 5.91 Å². The first-order valence-electron chi connectivity index (χ1n) is 6.83. The molecule has 0 aromatic carbocycles. The largest absolute Gasteiger partial charge is 0.354 e. The molecule has 4 heteroatoms. The Hall–Kier alpha value is -0.610. The van der Waals surface area contributed by atoms with Gasteiger partial charge in [-0.2, -0.15) is 0 Å². The van der Waals surface area contributed by atoms with Crippen LogP contribution in [0, 0.1) is 5.92 Å². The quantitative estimate of drug-likeness (QED) is 0.728. The van der Waals surface area contributed by atoms with E-state index in [1.807, 2.05) is 13.8 Å². The molecular formula is C13H27N3O. The first kappa shape index (κ1) is 14.5. The minimum Gasteiger partial charge on any atom is -0.354 e. The molecule has 0 unspecified atom stereocenters. The third-order valence-electron chi connectivity index (χ3n) is 3.39. The molecule has 1 saturated heterocycles. The first-order chi connectivity index (χ1) is 8.11. The number of carbonyl (C=O) groups excluding carboxylic acids is 1. The molecule has 0 aromatic rings. The van der Waals surface area contributed by atoms with Gasteiger partial charge in [0.25, 0.3) is 0 Å². The highest BCUT2D eigenvalue weighted by molar-refractivity contribution is 5.76. The van der Waals surface area contributed by atoms with Crippen LogP contribution in [0.3, 0.4) is 0 Å². The minimum absolute atomic E-state index is 0.170. The SMILES string of the molecule is CC(C)NC(=O)CCN1CCC(CCN)CC1. The van der Waals surface area contributed by atoms with Gasteiger partial charge in [0.05, 0.1) is 0 Å². The van der Waals surface area contributed by atoms with Crippen LogP contribution >= 0.6 is 0 Å². The second kappa shape index (κ2) is 7.67. The van der Waals surface area contributed by atoms with Crippen molar-refractivity contribution in [1.29, 1.82) is 0 Å². The van der Waals surface area contributed by atoms with Crippen molar-refractivity contribution in [3.05, 3.63) is 0 Å². The molecule has 1 amide bonds. The normalized spacial score (nSPS) is 18.6. The third-order valence-corrected chi connectivity index (χ3v) is 3.39. The van der Waals surface area contributed by atoms with E-state index in [1.54, 1.807) is 0 Å². The predicted molar refractivity (Wildman–Crippen MR) is 70.7 cm³/mol. The molecule has 0 atom stereocenters. The Morgan fingerprint density at radius 1 is 1.41 bits per heavy atom. The number of likely N-dealkylation sites (tertiary alicyclic amines) is 1. The molecule has 1 aliphatic heterocycles. The number of amides is 1. The van der Waals surface area contributed by atoms with Crippen LogP contribution in [0.2, 0.25) is 0 Å². The van der Waals surface area contributed by atoms with Crippen LogP contribution in [-0.4, -0.2) is 43.0 Å². The zero-order valence-electron chi connectivity index (χ0n) is 11.2. The lowest BCUT2D eigenvalue weighted by Gasteiger charge is -2.31. The van der Waals surface area contributed by atoms with Gasteiger partial charge in [0.15, 0.2) is 0 Å². The van der Waals surface area contributed by atoms with Crippen molar-refractivity contribution in [2.24, 2.45) is 11.7 Å². The molecule has 3 N–H and O–H groups in total. The van der Waals surface area contributed by atoms with E-state index in [1.165, 1.54) is 12.8 Å². The lowest BCUT2D eigenvalue weighted by Crippen LogP contribution is -2.38. The summed E-state index contributed by atoms with van der Waals surface area (Å²) < 4.78 is 0. The number of piperidine rings is 1. The highest BCUT2D eigenvalue weighted by atomic mass is 16.1. The molecule has 1 aliphatic rings. The summed E-state index contributed by atoms with van der Waals surface area (Å²) in [6, 6.07) is 0.248. The second-order valence-corrected chi connectivity index (χ2v) is 5.33. The summed E-state index contributed by atoms with van der Waals surface area (Å²) in [6.07, 6.45) is 4.26. The first-order valence-corrected chi connectivity index (χ1v) is 6.83. The van der Waals surface area contributed by atoms with E-state index in [4.69, 9.17) is 5.73 Å². The molecule has 0 saturated carbocycles. The molecule has 0 spiro atoms. The van der Waals surface area contributed by atoms with Gasteiger partial charge in [0, 0.05) is 19.0 Å². The molecule has 0 aliphatic carbocycles.